The molecule has 0 saturated heterocycles. The Hall–Kier alpha value is -3.56. The van der Waals surface area contributed by atoms with Crippen LogP contribution in [0.5, 0.6) is 5.75 Å². The number of ether oxygens (including phenoxy) is 1. The van der Waals surface area contributed by atoms with E-state index in [9.17, 15) is 18.0 Å². The third-order valence-electron chi connectivity index (χ3n) is 5.10. The summed E-state index contributed by atoms with van der Waals surface area (Å²) in [5.74, 6) is 1.15. The van der Waals surface area contributed by atoms with E-state index in [2.05, 4.69) is 15.5 Å². The van der Waals surface area contributed by atoms with Crippen LogP contribution in [0.2, 0.25) is 0 Å². The lowest BCUT2D eigenvalue weighted by molar-refractivity contribution is -0.137. The Bertz CT molecular complexity index is 1330. The van der Waals surface area contributed by atoms with E-state index in [0.29, 0.717) is 41.4 Å². The zero-order chi connectivity index (χ0) is 22.9. The van der Waals surface area contributed by atoms with Gasteiger partial charge in [0.05, 0.1) is 35.3 Å². The first kappa shape index (κ1) is 21.7. The van der Waals surface area contributed by atoms with Gasteiger partial charge in [0.2, 0.25) is 5.78 Å². The van der Waals surface area contributed by atoms with E-state index in [0.717, 1.165) is 18.6 Å². The van der Waals surface area contributed by atoms with Crippen LogP contribution in [0.15, 0.2) is 47.3 Å². The van der Waals surface area contributed by atoms with E-state index < -0.39 is 11.7 Å². The number of benzene rings is 2. The first-order valence-electron chi connectivity index (χ1n) is 10.3. The summed E-state index contributed by atoms with van der Waals surface area (Å²) in [6.07, 6.45) is -3.76. The summed E-state index contributed by atoms with van der Waals surface area (Å²) in [5.41, 5.74) is -0.112. The van der Waals surface area contributed by atoms with E-state index in [-0.39, 0.29) is 17.8 Å². The average molecular weight is 445 g/mol. The molecule has 0 spiro atoms. The third-order valence-corrected chi connectivity index (χ3v) is 5.10. The van der Waals surface area contributed by atoms with Crippen molar-refractivity contribution in [3.63, 3.8) is 0 Å². The molecule has 1 N–H and O–H groups in total. The van der Waals surface area contributed by atoms with Gasteiger partial charge in [-0.2, -0.15) is 13.2 Å². The fraction of sp³-hybridized carbons (Fsp3) is 0.318. The van der Waals surface area contributed by atoms with Gasteiger partial charge in [-0.15, -0.1) is 10.2 Å². The lowest BCUT2D eigenvalue weighted by Crippen LogP contribution is -2.23. The maximum absolute atomic E-state index is 13.2. The van der Waals surface area contributed by atoms with E-state index in [4.69, 9.17) is 4.74 Å². The molecule has 0 radical (unpaired) electrons. The normalized spacial score (nSPS) is 11.9. The molecule has 0 bridgehead atoms. The maximum Gasteiger partial charge on any atom is 0.416 e. The standard InChI is InChI=1S/C22H22F3N5O2/c1-3-11-32-18-10-9-14(22(23,24)25)12-16(18)26-13-19-27-28-21-29(4-2)20(31)15-7-5-6-8-17(15)30(19)21/h5-10,12,26H,3-4,11,13H2,1-2H3. The van der Waals surface area contributed by atoms with Crippen LogP contribution in [0.25, 0.3) is 16.7 Å². The Morgan fingerprint density at radius 2 is 1.88 bits per heavy atom. The minimum Gasteiger partial charge on any atom is -0.491 e. The molecule has 2 heterocycles. The topological polar surface area (TPSA) is 73.4 Å². The van der Waals surface area contributed by atoms with Crippen LogP contribution in [-0.2, 0) is 19.3 Å². The van der Waals surface area contributed by atoms with Gasteiger partial charge in [0.15, 0.2) is 5.82 Å². The molecule has 0 aliphatic rings. The molecule has 0 atom stereocenters. The highest BCUT2D eigenvalue weighted by Crippen LogP contribution is 2.35. The van der Waals surface area contributed by atoms with E-state index in [1.54, 1.807) is 28.7 Å². The monoisotopic (exact) mass is 445 g/mol. The second-order valence-corrected chi connectivity index (χ2v) is 7.23. The lowest BCUT2D eigenvalue weighted by atomic mass is 10.1. The molecular weight excluding hydrogens is 423 g/mol. The van der Waals surface area contributed by atoms with Crippen molar-refractivity contribution in [2.75, 3.05) is 11.9 Å². The summed E-state index contributed by atoms with van der Waals surface area (Å²) in [4.78, 5) is 12.8. The molecule has 32 heavy (non-hydrogen) atoms. The number of anilines is 1. The molecule has 168 valence electrons. The van der Waals surface area contributed by atoms with Crippen molar-refractivity contribution >= 4 is 22.4 Å². The summed E-state index contributed by atoms with van der Waals surface area (Å²) in [6.45, 7) is 4.61. The summed E-state index contributed by atoms with van der Waals surface area (Å²) >= 11 is 0. The molecule has 0 aliphatic heterocycles. The predicted octanol–water partition coefficient (Wildman–Crippen LogP) is 4.48. The highest BCUT2D eigenvalue weighted by atomic mass is 19.4. The number of fused-ring (bicyclic) bond motifs is 3. The van der Waals surface area contributed by atoms with Crippen molar-refractivity contribution in [2.24, 2.45) is 0 Å². The highest BCUT2D eigenvalue weighted by molar-refractivity contribution is 5.80. The number of hydrogen-bond acceptors (Lipinski definition) is 5. The first-order chi connectivity index (χ1) is 15.3. The Morgan fingerprint density at radius 1 is 1.09 bits per heavy atom. The second kappa shape index (κ2) is 8.52. The van der Waals surface area contributed by atoms with Crippen LogP contribution in [0.3, 0.4) is 0 Å². The molecule has 10 heteroatoms. The summed E-state index contributed by atoms with van der Waals surface area (Å²) in [7, 11) is 0. The van der Waals surface area contributed by atoms with Crippen molar-refractivity contribution in [3.05, 3.63) is 64.2 Å². The number of nitrogens with one attached hydrogen (secondary N) is 1. The Morgan fingerprint density at radius 3 is 2.59 bits per heavy atom. The Kier molecular flexibility index (Phi) is 5.77. The van der Waals surface area contributed by atoms with Crippen molar-refractivity contribution in [3.8, 4) is 5.75 Å². The van der Waals surface area contributed by atoms with Crippen LogP contribution in [0, 0.1) is 0 Å². The molecule has 0 unspecified atom stereocenters. The predicted molar refractivity (Wildman–Crippen MR) is 115 cm³/mol. The summed E-state index contributed by atoms with van der Waals surface area (Å²) in [6, 6.07) is 10.4. The van der Waals surface area contributed by atoms with Gasteiger partial charge in [0, 0.05) is 6.54 Å². The Balaban J connectivity index is 1.77. The van der Waals surface area contributed by atoms with Crippen LogP contribution < -0.4 is 15.6 Å². The number of para-hydroxylation sites is 1. The highest BCUT2D eigenvalue weighted by Gasteiger charge is 2.31. The van der Waals surface area contributed by atoms with Crippen molar-refractivity contribution < 1.29 is 17.9 Å². The fourth-order valence-electron chi connectivity index (χ4n) is 3.57. The van der Waals surface area contributed by atoms with Gasteiger partial charge in [0.25, 0.3) is 5.56 Å². The number of alkyl halides is 3. The number of aryl methyl sites for hydroxylation is 1. The average Bonchev–Trinajstić information content (AvgIpc) is 3.20. The van der Waals surface area contributed by atoms with Crippen LogP contribution in [0.1, 0.15) is 31.7 Å². The molecule has 7 nitrogen and oxygen atoms in total. The van der Waals surface area contributed by atoms with E-state index in [1.165, 1.54) is 10.6 Å². The van der Waals surface area contributed by atoms with Crippen molar-refractivity contribution in [1.82, 2.24) is 19.2 Å². The molecule has 2 aromatic carbocycles. The first-order valence-corrected chi connectivity index (χ1v) is 10.3. The van der Waals surface area contributed by atoms with Crippen molar-refractivity contribution in [2.45, 2.75) is 39.5 Å². The smallest absolute Gasteiger partial charge is 0.416 e. The van der Waals surface area contributed by atoms with Crippen LogP contribution in [0.4, 0.5) is 18.9 Å². The minimum atomic E-state index is -4.48. The molecule has 0 fully saturated rings. The zero-order valence-corrected chi connectivity index (χ0v) is 17.6. The number of hydrogen-bond donors (Lipinski definition) is 1. The zero-order valence-electron chi connectivity index (χ0n) is 17.6. The molecule has 4 rings (SSSR count). The number of halogens is 3. The summed E-state index contributed by atoms with van der Waals surface area (Å²) in [5, 5.41) is 11.9. The third kappa shape index (κ3) is 3.88. The summed E-state index contributed by atoms with van der Waals surface area (Å²) < 4.78 is 48.6. The molecule has 0 aliphatic carbocycles. The van der Waals surface area contributed by atoms with Gasteiger partial charge in [-0.3, -0.25) is 13.8 Å². The van der Waals surface area contributed by atoms with Crippen LogP contribution in [-0.4, -0.2) is 25.8 Å². The number of aromatic nitrogens is 4. The largest absolute Gasteiger partial charge is 0.491 e. The van der Waals surface area contributed by atoms with Gasteiger partial charge >= 0.3 is 6.18 Å². The number of nitrogens with zero attached hydrogens (tertiary/aromatic N) is 4. The molecule has 0 saturated carbocycles. The van der Waals surface area contributed by atoms with Gasteiger partial charge in [-0.1, -0.05) is 19.1 Å². The van der Waals surface area contributed by atoms with Crippen LogP contribution >= 0.6 is 0 Å². The molecule has 4 aromatic rings. The molecule has 2 aromatic heterocycles. The minimum absolute atomic E-state index is 0.0802. The molecule has 0 amide bonds. The molecular formula is C22H22F3N5O2. The lowest BCUT2D eigenvalue weighted by Gasteiger charge is -2.16. The van der Waals surface area contributed by atoms with Crippen molar-refractivity contribution in [1.29, 1.82) is 0 Å². The van der Waals surface area contributed by atoms with E-state index >= 15 is 0 Å². The van der Waals surface area contributed by atoms with Gasteiger partial charge < -0.3 is 10.1 Å². The Labute approximate surface area is 181 Å². The van der Waals surface area contributed by atoms with E-state index in [1.807, 2.05) is 13.8 Å². The van der Waals surface area contributed by atoms with Gasteiger partial charge in [-0.05, 0) is 43.7 Å². The van der Waals surface area contributed by atoms with Gasteiger partial charge in [0.1, 0.15) is 5.75 Å². The maximum atomic E-state index is 13.2. The quantitative estimate of drug-likeness (QED) is 0.454. The SMILES string of the molecule is CCCOc1ccc(C(F)(F)F)cc1NCc1nnc2n(CC)c(=O)c3ccccc3n12. The number of rotatable bonds is 7. The second-order valence-electron chi connectivity index (χ2n) is 7.23. The van der Waals surface area contributed by atoms with Gasteiger partial charge in [-0.25, -0.2) is 0 Å². The fourth-order valence-corrected chi connectivity index (χ4v) is 3.57.